The third-order valence-corrected chi connectivity index (χ3v) is 11.4. The van der Waals surface area contributed by atoms with E-state index < -0.39 is 65.3 Å². The zero-order chi connectivity index (χ0) is 42.8. The number of rotatable bonds is 18. The molecule has 2 aromatic carbocycles. The van der Waals surface area contributed by atoms with Gasteiger partial charge in [0.25, 0.3) is 11.8 Å². The number of aliphatic hydroxyl groups is 1. The minimum atomic E-state index is -1.36. The highest BCUT2D eigenvalue weighted by atomic mass is 16.5. The lowest BCUT2D eigenvalue weighted by Crippen LogP contribution is -2.56. The lowest BCUT2D eigenvalue weighted by atomic mass is 9.84. The Balaban J connectivity index is 1.19. The molecule has 0 spiro atoms. The summed E-state index contributed by atoms with van der Waals surface area (Å²) in [6.07, 6.45) is 8.62. The third-order valence-electron chi connectivity index (χ3n) is 11.4. The summed E-state index contributed by atoms with van der Waals surface area (Å²) in [4.78, 5) is 85.0. The molecule has 6 rings (SSSR count). The van der Waals surface area contributed by atoms with E-state index in [-0.39, 0.29) is 38.5 Å². The van der Waals surface area contributed by atoms with Crippen LogP contribution in [0.2, 0.25) is 0 Å². The fourth-order valence-corrected chi connectivity index (χ4v) is 8.19. The number of Topliss-reactive ketones (excluding diaryl/α,β-unsaturated/α-hetero) is 1. The molecule has 2 fully saturated rings. The first kappa shape index (κ1) is 43.5. The molecule has 5 amide bonds. The van der Waals surface area contributed by atoms with Gasteiger partial charge in [0, 0.05) is 36.8 Å². The number of carbonyl (C=O) groups excluding carboxylic acids is 6. The fourth-order valence-electron chi connectivity index (χ4n) is 8.19. The van der Waals surface area contributed by atoms with E-state index in [1.54, 1.807) is 32.2 Å². The minimum absolute atomic E-state index is 0.0185. The quantitative estimate of drug-likeness (QED) is 0.0630. The number of primary amides is 1. The SMILES string of the molecule is CC(C)(O)c1cnnn1[C@H]1C[C@@H](C(=O)NC(CCCCNC(=O)OCc2ccccc2)C(=O)C(N)=O)N(C(=O)[C@@H](CC2CCCCC2)NC(=O)c2ccc3cc[nH]c3c2)C1. The van der Waals surface area contributed by atoms with E-state index in [1.165, 1.54) is 15.8 Å². The highest BCUT2D eigenvalue weighted by Crippen LogP contribution is 2.34. The average molecular weight is 826 g/mol. The van der Waals surface area contributed by atoms with Crippen LogP contribution in [-0.2, 0) is 36.1 Å². The monoisotopic (exact) mass is 825 g/mol. The zero-order valence-corrected chi connectivity index (χ0v) is 34.1. The highest BCUT2D eigenvalue weighted by Gasteiger charge is 2.45. The van der Waals surface area contributed by atoms with Gasteiger partial charge in [-0.2, -0.15) is 0 Å². The van der Waals surface area contributed by atoms with Crippen molar-refractivity contribution in [2.45, 2.75) is 114 Å². The number of H-pyrrole nitrogens is 1. The molecule has 2 aliphatic rings. The smallest absolute Gasteiger partial charge is 0.407 e. The second-order valence-corrected chi connectivity index (χ2v) is 16.3. The van der Waals surface area contributed by atoms with Gasteiger partial charge in [0.1, 0.15) is 24.3 Å². The molecule has 7 N–H and O–H groups in total. The Hall–Kier alpha value is -6.10. The van der Waals surface area contributed by atoms with Crippen LogP contribution < -0.4 is 21.7 Å². The Morgan fingerprint density at radius 2 is 1.75 bits per heavy atom. The van der Waals surface area contributed by atoms with Crippen molar-refractivity contribution in [1.29, 1.82) is 0 Å². The molecule has 4 atom stereocenters. The van der Waals surface area contributed by atoms with E-state index in [9.17, 15) is 33.9 Å². The largest absolute Gasteiger partial charge is 0.445 e. The lowest BCUT2D eigenvalue weighted by Gasteiger charge is -2.32. The van der Waals surface area contributed by atoms with Gasteiger partial charge in [0.05, 0.1) is 24.0 Å². The van der Waals surface area contributed by atoms with Crippen molar-refractivity contribution >= 4 is 46.4 Å². The van der Waals surface area contributed by atoms with Crippen molar-refractivity contribution in [3.63, 3.8) is 0 Å². The van der Waals surface area contributed by atoms with E-state index in [1.807, 2.05) is 42.5 Å². The molecule has 320 valence electrons. The summed E-state index contributed by atoms with van der Waals surface area (Å²) >= 11 is 0. The average Bonchev–Trinajstić information content (AvgIpc) is 4.02. The lowest BCUT2D eigenvalue weighted by molar-refractivity contribution is -0.142. The predicted molar refractivity (Wildman–Crippen MR) is 220 cm³/mol. The van der Waals surface area contributed by atoms with Crippen LogP contribution in [0.15, 0.2) is 67.0 Å². The fraction of sp³-hybridized carbons (Fsp3) is 0.488. The third kappa shape index (κ3) is 11.1. The van der Waals surface area contributed by atoms with Crippen LogP contribution in [0.1, 0.15) is 106 Å². The molecule has 60 heavy (non-hydrogen) atoms. The first-order valence-electron chi connectivity index (χ1n) is 20.7. The Bertz CT molecular complexity index is 2140. The van der Waals surface area contributed by atoms with Gasteiger partial charge in [-0.15, -0.1) is 5.10 Å². The number of unbranched alkanes of at least 4 members (excludes halogenated alkanes) is 1. The Kier molecular flexibility index (Phi) is 14.3. The molecule has 3 heterocycles. The number of hydrogen-bond donors (Lipinski definition) is 6. The summed E-state index contributed by atoms with van der Waals surface area (Å²) in [6.45, 7) is 3.44. The second-order valence-electron chi connectivity index (χ2n) is 16.3. The molecule has 1 aliphatic heterocycles. The van der Waals surface area contributed by atoms with Gasteiger partial charge in [0.15, 0.2) is 0 Å². The number of ether oxygens (including phenoxy) is 1. The van der Waals surface area contributed by atoms with Gasteiger partial charge in [-0.1, -0.05) is 73.7 Å². The summed E-state index contributed by atoms with van der Waals surface area (Å²) in [7, 11) is 0. The number of aromatic nitrogens is 4. The van der Waals surface area contributed by atoms with Crippen molar-refractivity contribution in [1.82, 2.24) is 40.8 Å². The Morgan fingerprint density at radius 3 is 2.48 bits per heavy atom. The van der Waals surface area contributed by atoms with E-state index in [0.29, 0.717) is 30.5 Å². The van der Waals surface area contributed by atoms with Gasteiger partial charge in [0.2, 0.25) is 17.6 Å². The maximum absolute atomic E-state index is 14.9. The van der Waals surface area contributed by atoms with Crippen molar-refractivity contribution in [3.05, 3.63) is 83.8 Å². The Morgan fingerprint density at radius 1 is 0.983 bits per heavy atom. The van der Waals surface area contributed by atoms with E-state index in [2.05, 4.69) is 31.2 Å². The molecule has 17 heteroatoms. The summed E-state index contributed by atoms with van der Waals surface area (Å²) in [5.41, 5.74) is 6.40. The van der Waals surface area contributed by atoms with Crippen molar-refractivity contribution in [3.8, 4) is 0 Å². The molecule has 0 radical (unpaired) electrons. The standard InChI is InChI=1S/C43H55N9O8/c1-43(2,59)36-24-47-50-52(36)31-23-35(40(56)48-32(37(53)38(44)54)15-9-10-19-46-42(58)60-26-28-13-7-4-8-14-28)51(25-31)41(57)34(21-27-11-5-3-6-12-27)49-39(55)30-17-16-29-18-20-45-33(29)22-30/h4,7-8,13-14,16-18,20,22,24,27,31-32,34-35,45,59H,3,5-6,9-12,15,19,21,23,25-26H2,1-2H3,(H2,44,54)(H,46,58)(H,48,56)(H,49,55)/t31-,32?,34+,35-/m0/s1. The van der Waals surface area contributed by atoms with Crippen LogP contribution in [-0.4, -0.2) is 96.7 Å². The second kappa shape index (κ2) is 19.8. The number of aromatic amines is 1. The molecular formula is C43H55N9O8. The summed E-state index contributed by atoms with van der Waals surface area (Å²) in [6, 6.07) is 12.3. The molecule has 1 saturated heterocycles. The predicted octanol–water partition coefficient (Wildman–Crippen LogP) is 3.53. The first-order chi connectivity index (χ1) is 28.8. The van der Waals surface area contributed by atoms with Crippen LogP contribution in [0.4, 0.5) is 4.79 Å². The highest BCUT2D eigenvalue weighted by molar-refractivity contribution is 6.37. The Labute approximate surface area is 348 Å². The van der Waals surface area contributed by atoms with Crippen molar-refractivity contribution in [2.24, 2.45) is 11.7 Å². The summed E-state index contributed by atoms with van der Waals surface area (Å²) in [5.74, 6) is -3.69. The van der Waals surface area contributed by atoms with E-state index in [0.717, 1.165) is 48.6 Å². The number of fused-ring (bicyclic) bond motifs is 1. The topological polar surface area (TPSA) is 244 Å². The van der Waals surface area contributed by atoms with Crippen LogP contribution in [0.25, 0.3) is 10.9 Å². The summed E-state index contributed by atoms with van der Waals surface area (Å²) in [5, 5.41) is 28.4. The maximum Gasteiger partial charge on any atom is 0.407 e. The van der Waals surface area contributed by atoms with Gasteiger partial charge in [-0.3, -0.25) is 24.0 Å². The maximum atomic E-state index is 14.9. The van der Waals surface area contributed by atoms with Gasteiger partial charge in [-0.05, 0) is 74.6 Å². The number of carbonyl (C=O) groups is 6. The summed E-state index contributed by atoms with van der Waals surface area (Å²) < 4.78 is 6.74. The van der Waals surface area contributed by atoms with Crippen LogP contribution in [0.5, 0.6) is 0 Å². The number of nitrogens with one attached hydrogen (secondary N) is 4. The number of amides is 5. The normalized spacial score (nSPS) is 18.1. The zero-order valence-electron chi connectivity index (χ0n) is 34.1. The molecule has 17 nitrogen and oxygen atoms in total. The van der Waals surface area contributed by atoms with Crippen molar-refractivity contribution < 1.29 is 38.6 Å². The first-order valence-corrected chi connectivity index (χ1v) is 20.7. The van der Waals surface area contributed by atoms with Gasteiger partial charge >= 0.3 is 6.09 Å². The molecule has 1 unspecified atom stereocenters. The van der Waals surface area contributed by atoms with Crippen LogP contribution >= 0.6 is 0 Å². The van der Waals surface area contributed by atoms with Gasteiger partial charge in [-0.25, -0.2) is 9.48 Å². The number of nitrogens with two attached hydrogens (primary N) is 1. The van der Waals surface area contributed by atoms with Crippen LogP contribution in [0.3, 0.4) is 0 Å². The number of nitrogens with zero attached hydrogens (tertiary/aromatic N) is 4. The number of likely N-dealkylation sites (tertiary alicyclic amines) is 1. The minimum Gasteiger partial charge on any atom is -0.445 e. The van der Waals surface area contributed by atoms with E-state index in [4.69, 9.17) is 10.5 Å². The van der Waals surface area contributed by atoms with Crippen molar-refractivity contribution in [2.75, 3.05) is 13.1 Å². The molecule has 1 saturated carbocycles. The van der Waals surface area contributed by atoms with Crippen LogP contribution in [0, 0.1) is 5.92 Å². The molecule has 0 bridgehead atoms. The number of benzene rings is 2. The molecule has 4 aromatic rings. The van der Waals surface area contributed by atoms with E-state index >= 15 is 0 Å². The number of ketones is 1. The molecule has 2 aromatic heterocycles. The molecule has 1 aliphatic carbocycles. The number of alkyl carbamates (subject to hydrolysis) is 1. The van der Waals surface area contributed by atoms with Gasteiger partial charge < -0.3 is 41.4 Å². The molecular weight excluding hydrogens is 771 g/mol. The number of hydrogen-bond acceptors (Lipinski definition) is 10.